The van der Waals surface area contributed by atoms with Crippen LogP contribution < -0.4 is 10.9 Å². The number of non-ortho nitro benzene ring substituents is 1. The molecule has 0 saturated heterocycles. The van der Waals surface area contributed by atoms with Crippen LogP contribution in [0.4, 0.5) is 17.3 Å². The number of aromatic nitrogens is 6. The Hall–Kier alpha value is -4.67. The third-order valence-corrected chi connectivity index (χ3v) is 4.93. The molecule has 11 nitrogen and oxygen atoms in total. The van der Waals surface area contributed by atoms with Crippen molar-refractivity contribution < 1.29 is 4.92 Å². The highest BCUT2D eigenvalue weighted by Gasteiger charge is 2.34. The van der Waals surface area contributed by atoms with E-state index in [1.165, 1.54) is 16.8 Å². The van der Waals surface area contributed by atoms with E-state index in [4.69, 9.17) is 0 Å². The summed E-state index contributed by atoms with van der Waals surface area (Å²) in [5.74, 6) is 0.249. The van der Waals surface area contributed by atoms with Crippen LogP contribution in [0.25, 0.3) is 12.2 Å². The zero-order valence-corrected chi connectivity index (χ0v) is 15.8. The molecule has 0 amide bonds. The van der Waals surface area contributed by atoms with Gasteiger partial charge in [0.15, 0.2) is 0 Å². The van der Waals surface area contributed by atoms with Crippen molar-refractivity contribution in [2.24, 2.45) is 0 Å². The minimum Gasteiger partial charge on any atom is -0.318 e. The number of hydrogen-bond acceptors (Lipinski definition) is 8. The predicted octanol–water partition coefficient (Wildman–Crippen LogP) is 2.53. The number of tetrazole rings is 1. The van der Waals surface area contributed by atoms with Crippen LogP contribution in [0, 0.1) is 10.1 Å². The summed E-state index contributed by atoms with van der Waals surface area (Å²) in [5.41, 5.74) is 2.19. The van der Waals surface area contributed by atoms with Crippen LogP contribution in [0.1, 0.15) is 28.4 Å². The van der Waals surface area contributed by atoms with Gasteiger partial charge in [0.25, 0.3) is 11.2 Å². The van der Waals surface area contributed by atoms with Crippen molar-refractivity contribution in [3.05, 3.63) is 97.4 Å². The molecule has 0 bridgehead atoms. The van der Waals surface area contributed by atoms with Gasteiger partial charge in [-0.05, 0) is 27.6 Å². The second-order valence-electron chi connectivity index (χ2n) is 6.80. The lowest BCUT2D eigenvalue weighted by Gasteiger charge is -2.27. The van der Waals surface area contributed by atoms with Crippen molar-refractivity contribution in [1.29, 1.82) is 0 Å². The zero-order valence-electron chi connectivity index (χ0n) is 15.8. The molecule has 2 aromatic carbocycles. The van der Waals surface area contributed by atoms with E-state index in [9.17, 15) is 14.9 Å². The van der Waals surface area contributed by atoms with Crippen LogP contribution in [0.2, 0.25) is 0 Å². The molecule has 31 heavy (non-hydrogen) atoms. The smallest absolute Gasteiger partial charge is 0.288 e. The first-order chi connectivity index (χ1) is 15.1. The minimum absolute atomic E-state index is 0.0774. The van der Waals surface area contributed by atoms with E-state index in [-0.39, 0.29) is 17.3 Å². The molecular formula is C20H14N8O3. The largest absolute Gasteiger partial charge is 0.318 e. The fraction of sp³-hybridized carbons (Fsp3) is 0.0500. The average Bonchev–Trinajstić information content (AvgIpc) is 3.26. The van der Waals surface area contributed by atoms with Crippen molar-refractivity contribution in [3.8, 4) is 0 Å². The molecule has 4 aromatic rings. The van der Waals surface area contributed by atoms with Gasteiger partial charge in [-0.1, -0.05) is 53.6 Å². The van der Waals surface area contributed by atoms with Gasteiger partial charge < -0.3 is 5.32 Å². The summed E-state index contributed by atoms with van der Waals surface area (Å²) in [6.45, 7) is 0. The van der Waals surface area contributed by atoms with Gasteiger partial charge in [0, 0.05) is 17.7 Å². The first kappa shape index (κ1) is 18.4. The Balaban J connectivity index is 1.72. The number of nitro benzene ring substituents is 1. The molecule has 0 fully saturated rings. The van der Waals surface area contributed by atoms with Gasteiger partial charge in [0.05, 0.1) is 10.6 Å². The highest BCUT2D eigenvalue weighted by Crippen LogP contribution is 2.39. The second-order valence-corrected chi connectivity index (χ2v) is 6.80. The van der Waals surface area contributed by atoms with Gasteiger partial charge >= 0.3 is 0 Å². The number of nitrogens with one attached hydrogen (secondary N) is 2. The maximum atomic E-state index is 12.6. The number of fused-ring (bicyclic) bond motifs is 2. The lowest BCUT2D eigenvalue weighted by molar-refractivity contribution is -0.384. The summed E-state index contributed by atoms with van der Waals surface area (Å²) in [6.07, 6.45) is 3.63. The molecular weight excluding hydrogens is 400 g/mol. The molecule has 0 spiro atoms. The van der Waals surface area contributed by atoms with E-state index in [1.807, 2.05) is 36.4 Å². The SMILES string of the molecule is O=c1[nH]nc(/C=C/c2ccccc2)c2c1Nc1nnnn1[C@H]2c1cccc([N+](=O)[O-])c1. The predicted molar refractivity (Wildman–Crippen MR) is 112 cm³/mol. The highest BCUT2D eigenvalue weighted by molar-refractivity contribution is 5.75. The summed E-state index contributed by atoms with van der Waals surface area (Å²) in [7, 11) is 0. The Labute approximate surface area is 174 Å². The Bertz CT molecular complexity index is 1380. The number of anilines is 2. The van der Waals surface area contributed by atoms with E-state index in [0.29, 0.717) is 16.8 Å². The van der Waals surface area contributed by atoms with Gasteiger partial charge in [-0.2, -0.15) is 9.78 Å². The summed E-state index contributed by atoms with van der Waals surface area (Å²) >= 11 is 0. The van der Waals surface area contributed by atoms with Crippen LogP contribution in [0.15, 0.2) is 59.4 Å². The van der Waals surface area contributed by atoms with Crippen LogP contribution >= 0.6 is 0 Å². The molecule has 1 aliphatic heterocycles. The normalized spacial score (nSPS) is 14.6. The Morgan fingerprint density at radius 1 is 1.10 bits per heavy atom. The number of benzene rings is 2. The van der Waals surface area contributed by atoms with E-state index in [2.05, 4.69) is 31.0 Å². The molecule has 0 aliphatic carbocycles. The summed E-state index contributed by atoms with van der Waals surface area (Å²) in [6, 6.07) is 15.1. The first-order valence-corrected chi connectivity index (χ1v) is 9.27. The molecule has 11 heteroatoms. The van der Waals surface area contributed by atoms with E-state index < -0.39 is 16.5 Å². The third kappa shape index (κ3) is 3.23. The molecule has 0 unspecified atom stereocenters. The van der Waals surface area contributed by atoms with E-state index in [1.54, 1.807) is 18.2 Å². The van der Waals surface area contributed by atoms with Crippen molar-refractivity contribution in [2.45, 2.75) is 6.04 Å². The van der Waals surface area contributed by atoms with Crippen molar-refractivity contribution in [2.75, 3.05) is 5.32 Å². The van der Waals surface area contributed by atoms with E-state index >= 15 is 0 Å². The number of aromatic amines is 1. The van der Waals surface area contributed by atoms with Gasteiger partial charge in [0.1, 0.15) is 11.7 Å². The molecule has 3 heterocycles. The second kappa shape index (κ2) is 7.30. The summed E-state index contributed by atoms with van der Waals surface area (Å²) < 4.78 is 1.47. The fourth-order valence-electron chi connectivity index (χ4n) is 3.54. The van der Waals surface area contributed by atoms with Crippen LogP contribution in [0.5, 0.6) is 0 Å². The number of rotatable bonds is 4. The highest BCUT2D eigenvalue weighted by atomic mass is 16.6. The molecule has 0 saturated carbocycles. The quantitative estimate of drug-likeness (QED) is 0.337. The topological polar surface area (TPSA) is 145 Å². The lowest BCUT2D eigenvalue weighted by Crippen LogP contribution is -2.29. The van der Waals surface area contributed by atoms with Crippen molar-refractivity contribution in [1.82, 2.24) is 30.4 Å². The average molecular weight is 414 g/mol. The Morgan fingerprint density at radius 3 is 2.74 bits per heavy atom. The van der Waals surface area contributed by atoms with Gasteiger partial charge in [-0.15, -0.1) is 0 Å². The Morgan fingerprint density at radius 2 is 1.94 bits per heavy atom. The van der Waals surface area contributed by atoms with Crippen LogP contribution in [-0.2, 0) is 0 Å². The molecule has 2 N–H and O–H groups in total. The molecule has 0 radical (unpaired) electrons. The van der Waals surface area contributed by atoms with Crippen LogP contribution in [-0.4, -0.2) is 35.3 Å². The molecule has 1 atom stereocenters. The van der Waals surface area contributed by atoms with Gasteiger partial charge in [-0.25, -0.2) is 5.10 Å². The maximum absolute atomic E-state index is 12.6. The summed E-state index contributed by atoms with van der Waals surface area (Å²) in [5, 5.41) is 32.6. The van der Waals surface area contributed by atoms with Gasteiger partial charge in [-0.3, -0.25) is 14.9 Å². The monoisotopic (exact) mass is 414 g/mol. The first-order valence-electron chi connectivity index (χ1n) is 9.27. The number of H-pyrrole nitrogens is 1. The standard InChI is InChI=1S/C20H14N8O3/c29-19-17-16(15(22-23-19)10-9-12-5-2-1-3-6-12)18(27-20(21-17)24-25-26-27)13-7-4-8-14(11-13)28(30)31/h1-11,18H,(H,23,29)(H,21,24,26)/b10-9+/t18-/m0/s1. The number of nitrogens with zero attached hydrogens (tertiary/aromatic N) is 6. The van der Waals surface area contributed by atoms with Crippen molar-refractivity contribution in [3.63, 3.8) is 0 Å². The summed E-state index contributed by atoms with van der Waals surface area (Å²) in [4.78, 5) is 23.4. The lowest BCUT2D eigenvalue weighted by atomic mass is 9.94. The molecule has 152 valence electrons. The van der Waals surface area contributed by atoms with E-state index in [0.717, 1.165) is 5.56 Å². The fourth-order valence-corrected chi connectivity index (χ4v) is 3.54. The number of nitro groups is 1. The van der Waals surface area contributed by atoms with Gasteiger partial charge in [0.2, 0.25) is 5.95 Å². The Kier molecular flexibility index (Phi) is 4.32. The van der Waals surface area contributed by atoms with Crippen molar-refractivity contribution >= 4 is 29.5 Å². The molecule has 5 rings (SSSR count). The number of hydrogen-bond donors (Lipinski definition) is 2. The molecule has 2 aromatic heterocycles. The third-order valence-electron chi connectivity index (χ3n) is 4.93. The molecule has 1 aliphatic rings. The maximum Gasteiger partial charge on any atom is 0.288 e. The zero-order chi connectivity index (χ0) is 21.4. The van der Waals surface area contributed by atoms with Crippen LogP contribution in [0.3, 0.4) is 0 Å². The minimum atomic E-state index is -0.689.